The van der Waals surface area contributed by atoms with Gasteiger partial charge in [-0.25, -0.2) is 0 Å². The van der Waals surface area contributed by atoms with E-state index in [9.17, 15) is 5.11 Å². The molecular formula is C18H25Cl2NOZr. The van der Waals surface area contributed by atoms with Crippen LogP contribution in [0.5, 0.6) is 5.75 Å². The Balaban J connectivity index is 0.000000595. The van der Waals surface area contributed by atoms with Crippen LogP contribution in [0.4, 0.5) is 0 Å². The van der Waals surface area contributed by atoms with Crippen molar-refractivity contribution in [3.8, 4) is 5.75 Å². The molecule has 3 unspecified atom stereocenters. The second-order valence-electron chi connectivity index (χ2n) is 6.63. The van der Waals surface area contributed by atoms with Crippen LogP contribution in [0.15, 0.2) is 23.2 Å². The zero-order chi connectivity index (χ0) is 16.7. The van der Waals surface area contributed by atoms with Crippen LogP contribution in [0.1, 0.15) is 56.1 Å². The average molecular weight is 434 g/mol. The normalized spacial score (nSPS) is 27.0. The van der Waals surface area contributed by atoms with Crippen molar-refractivity contribution < 1.29 is 26.0 Å². The summed E-state index contributed by atoms with van der Waals surface area (Å²) in [5.74, 6) is 2.26. The number of fused-ring (bicyclic) bond motifs is 1. The van der Waals surface area contributed by atoms with E-state index in [0.29, 0.717) is 11.8 Å². The van der Waals surface area contributed by atoms with Gasteiger partial charge in [0.1, 0.15) is 5.75 Å². The Morgan fingerprint density at radius 1 is 1.13 bits per heavy atom. The number of nitrogens with zero attached hydrogens (tertiary/aromatic N) is 1. The molecule has 1 N–H and O–H groups in total. The molecule has 1 aromatic carbocycles. The van der Waals surface area contributed by atoms with Gasteiger partial charge in [-0.1, -0.05) is 37.8 Å². The van der Waals surface area contributed by atoms with E-state index >= 15 is 0 Å². The van der Waals surface area contributed by atoms with Crippen molar-refractivity contribution >= 4 is 23.2 Å². The van der Waals surface area contributed by atoms with E-state index in [1.54, 1.807) is 0 Å². The molecule has 0 heterocycles. The van der Waals surface area contributed by atoms with E-state index in [2.05, 4.69) is 0 Å². The number of phenolic OH excluding ortho intramolecular Hbond substituents is 1. The summed E-state index contributed by atoms with van der Waals surface area (Å²) < 4.78 is 0. The summed E-state index contributed by atoms with van der Waals surface area (Å²) >= 11 is -0.826. The summed E-state index contributed by atoms with van der Waals surface area (Å²) in [4.78, 5) is 4.76. The summed E-state index contributed by atoms with van der Waals surface area (Å²) in [6.45, 7) is 1.93. The van der Waals surface area contributed by atoms with E-state index in [0.717, 1.165) is 23.0 Å². The topological polar surface area (TPSA) is 32.6 Å². The minimum atomic E-state index is -0.826. The van der Waals surface area contributed by atoms with Gasteiger partial charge in [-0.3, -0.25) is 4.99 Å². The van der Waals surface area contributed by atoms with Gasteiger partial charge in [-0.15, -0.1) is 0 Å². The first-order valence-electron chi connectivity index (χ1n) is 8.43. The van der Waals surface area contributed by atoms with Crippen LogP contribution in [0.2, 0.25) is 0 Å². The van der Waals surface area contributed by atoms with Crippen LogP contribution in [-0.4, -0.2) is 17.4 Å². The molecule has 3 rings (SSSR count). The molecule has 2 aliphatic carbocycles. The van der Waals surface area contributed by atoms with Crippen molar-refractivity contribution in [2.75, 3.05) is 0 Å². The van der Waals surface area contributed by atoms with Crippen molar-refractivity contribution in [3.05, 3.63) is 29.3 Å². The number of hydrogen-bond acceptors (Lipinski definition) is 2. The molecule has 2 fully saturated rings. The van der Waals surface area contributed by atoms with Crippen LogP contribution in [0.25, 0.3) is 0 Å². The second-order valence-corrected chi connectivity index (χ2v) is 10.4. The maximum absolute atomic E-state index is 10.0. The number of phenols is 1. The molecule has 0 amide bonds. The molecule has 0 bridgehead atoms. The number of rotatable bonds is 2. The first-order valence-corrected chi connectivity index (χ1v) is 14.8. The molecule has 0 aliphatic heterocycles. The molecule has 0 aromatic heterocycles. The second kappa shape index (κ2) is 10.2. The molecule has 1 aromatic rings. The third-order valence-electron chi connectivity index (χ3n) is 5.21. The van der Waals surface area contributed by atoms with Gasteiger partial charge in [-0.2, -0.15) is 0 Å². The molecule has 0 saturated heterocycles. The van der Waals surface area contributed by atoms with Gasteiger partial charge < -0.3 is 5.11 Å². The number of halogens is 2. The fourth-order valence-electron chi connectivity index (χ4n) is 3.96. The summed E-state index contributed by atoms with van der Waals surface area (Å²) in [6, 6.07) is 6.32. The first kappa shape index (κ1) is 19.5. The van der Waals surface area contributed by atoms with Gasteiger partial charge in [0, 0.05) is 11.8 Å². The average Bonchev–Trinajstić information content (AvgIpc) is 2.57. The monoisotopic (exact) mass is 431 g/mol. The van der Waals surface area contributed by atoms with Crippen molar-refractivity contribution in [3.63, 3.8) is 0 Å². The summed E-state index contributed by atoms with van der Waals surface area (Å²) in [5, 5.41) is 10.0. The number of para-hydroxylation sites is 1. The molecule has 0 radical (unpaired) electrons. The number of aryl methyl sites for hydroxylation is 1. The third-order valence-corrected chi connectivity index (χ3v) is 5.21. The van der Waals surface area contributed by atoms with Gasteiger partial charge in [0.15, 0.2) is 0 Å². The summed E-state index contributed by atoms with van der Waals surface area (Å²) in [5.41, 5.74) is 1.78. The first-order chi connectivity index (χ1) is 11.2. The minimum absolute atomic E-state index is 0.377. The number of aliphatic imine (C=N–C) groups is 1. The van der Waals surface area contributed by atoms with Crippen LogP contribution in [0, 0.1) is 18.8 Å². The Bertz CT molecular complexity index is 524. The zero-order valence-electron chi connectivity index (χ0n) is 13.6. The predicted octanol–water partition coefficient (Wildman–Crippen LogP) is 5.85. The Kier molecular flexibility index (Phi) is 8.65. The van der Waals surface area contributed by atoms with E-state index in [-0.39, 0.29) is 0 Å². The molecule has 3 atom stereocenters. The van der Waals surface area contributed by atoms with Gasteiger partial charge in [0.2, 0.25) is 0 Å². The quantitative estimate of drug-likeness (QED) is 0.583. The Morgan fingerprint density at radius 3 is 2.57 bits per heavy atom. The van der Waals surface area contributed by atoms with Crippen molar-refractivity contribution in [1.29, 1.82) is 0 Å². The Labute approximate surface area is 158 Å². The van der Waals surface area contributed by atoms with Gasteiger partial charge in [-0.05, 0) is 49.7 Å². The van der Waals surface area contributed by atoms with Crippen LogP contribution in [-0.2, 0) is 20.8 Å². The summed E-state index contributed by atoms with van der Waals surface area (Å²) in [7, 11) is 9.87. The molecule has 2 saturated carbocycles. The van der Waals surface area contributed by atoms with Crippen molar-refractivity contribution in [2.45, 2.75) is 57.9 Å². The van der Waals surface area contributed by atoms with E-state index in [4.69, 9.17) is 22.0 Å². The molecule has 23 heavy (non-hydrogen) atoms. The number of hydrogen-bond donors (Lipinski definition) is 1. The van der Waals surface area contributed by atoms with E-state index in [1.165, 1.54) is 44.9 Å². The fourth-order valence-corrected chi connectivity index (χ4v) is 3.96. The number of benzene rings is 1. The number of aromatic hydroxyl groups is 1. The Hall–Kier alpha value is 0.153. The fraction of sp³-hybridized carbons (Fsp3) is 0.611. The van der Waals surface area contributed by atoms with Crippen molar-refractivity contribution in [2.24, 2.45) is 16.8 Å². The van der Waals surface area contributed by atoms with Crippen LogP contribution >= 0.6 is 17.0 Å². The predicted molar refractivity (Wildman–Crippen MR) is 95.2 cm³/mol. The molecule has 126 valence electrons. The zero-order valence-corrected chi connectivity index (χ0v) is 17.6. The van der Waals surface area contributed by atoms with Crippen LogP contribution in [0.3, 0.4) is 0 Å². The van der Waals surface area contributed by atoms with Crippen LogP contribution < -0.4 is 0 Å². The molecule has 2 nitrogen and oxygen atoms in total. The van der Waals surface area contributed by atoms with E-state index in [1.807, 2.05) is 31.3 Å². The Morgan fingerprint density at radius 2 is 1.83 bits per heavy atom. The molecule has 2 aliphatic rings. The third kappa shape index (κ3) is 5.87. The van der Waals surface area contributed by atoms with Crippen molar-refractivity contribution in [1.82, 2.24) is 0 Å². The van der Waals surface area contributed by atoms with E-state index < -0.39 is 20.8 Å². The van der Waals surface area contributed by atoms with Gasteiger partial charge in [0.05, 0.1) is 6.04 Å². The molecular weight excluding hydrogens is 408 g/mol. The molecule has 5 heteroatoms. The summed E-state index contributed by atoms with van der Waals surface area (Å²) in [6.07, 6.45) is 11.4. The maximum atomic E-state index is 10.0. The standard InChI is InChI=1S/C18H25NO.2ClH.Zr/c1-13-5-4-8-16(18(13)20)12-19-17-10-9-14-6-2-3-7-15(14)11-17;;;/h4-5,8,12,14-15,17,20H,2-3,6-7,9-11H2,1H3;2*1H;/q;;;+2/p-2. The SMILES string of the molecule is Cc1cccc(C=NC2CCC3CCCCC3C2)c1O.[Cl][Zr][Cl]. The van der Waals surface area contributed by atoms with Gasteiger partial charge in [0.25, 0.3) is 0 Å². The van der Waals surface area contributed by atoms with Gasteiger partial charge >= 0.3 is 37.9 Å². The molecule has 0 spiro atoms.